The van der Waals surface area contributed by atoms with Gasteiger partial charge in [-0.3, -0.25) is 4.79 Å². The van der Waals surface area contributed by atoms with Gasteiger partial charge in [0.2, 0.25) is 5.91 Å². The highest BCUT2D eigenvalue weighted by Gasteiger charge is 2.08. The zero-order chi connectivity index (χ0) is 12.0. The lowest BCUT2D eigenvalue weighted by molar-refractivity contribution is -0.116. The average Bonchev–Trinajstić information content (AvgIpc) is 2.59. The number of nitrogens with zero attached hydrogens (tertiary/aromatic N) is 1. The van der Waals surface area contributed by atoms with E-state index in [-0.39, 0.29) is 5.91 Å². The number of rotatable bonds is 6. The fourth-order valence-corrected chi connectivity index (χ4v) is 2.34. The van der Waals surface area contributed by atoms with Crippen LogP contribution in [0.1, 0.15) is 30.3 Å². The Balaban J connectivity index is 2.43. The van der Waals surface area contributed by atoms with E-state index in [0.717, 1.165) is 30.2 Å². The Bertz CT molecular complexity index is 349. The number of carbonyl (C=O) groups excluding carboxylic acids is 1. The first-order valence-electron chi connectivity index (χ1n) is 5.58. The van der Waals surface area contributed by atoms with Crippen LogP contribution in [0.25, 0.3) is 0 Å². The van der Waals surface area contributed by atoms with Crippen LogP contribution in [0.4, 0.5) is 5.13 Å². The molecule has 0 aliphatic heterocycles. The Labute approximate surface area is 100 Å². The monoisotopic (exact) mass is 241 g/mol. The van der Waals surface area contributed by atoms with Crippen molar-refractivity contribution >= 4 is 22.4 Å². The van der Waals surface area contributed by atoms with Crippen molar-refractivity contribution in [1.29, 1.82) is 0 Å². The number of nitrogens with one attached hydrogen (secondary N) is 2. The molecule has 0 saturated carbocycles. The van der Waals surface area contributed by atoms with E-state index >= 15 is 0 Å². The summed E-state index contributed by atoms with van der Waals surface area (Å²) in [6.45, 7) is 4.97. The van der Waals surface area contributed by atoms with Gasteiger partial charge in [-0.2, -0.15) is 0 Å². The van der Waals surface area contributed by atoms with Crippen LogP contribution >= 0.6 is 11.3 Å². The first-order chi connectivity index (χ1) is 7.67. The van der Waals surface area contributed by atoms with Gasteiger partial charge in [-0.1, -0.05) is 6.92 Å². The number of aromatic nitrogens is 1. The zero-order valence-corrected chi connectivity index (χ0v) is 10.9. The van der Waals surface area contributed by atoms with Crippen LogP contribution in [-0.4, -0.2) is 24.5 Å². The summed E-state index contributed by atoms with van der Waals surface area (Å²) in [5.74, 6) is 0.0478. The number of amides is 1. The number of thiazole rings is 1. The molecule has 1 rings (SSSR count). The van der Waals surface area contributed by atoms with Crippen LogP contribution in [0.3, 0.4) is 0 Å². The molecule has 2 N–H and O–H groups in total. The molecule has 5 heteroatoms. The van der Waals surface area contributed by atoms with E-state index in [1.807, 2.05) is 14.0 Å². The summed E-state index contributed by atoms with van der Waals surface area (Å²) in [7, 11) is 1.88. The molecule has 0 saturated heterocycles. The topological polar surface area (TPSA) is 54.0 Å². The SMILES string of the molecule is CCc1nc(NC(=O)CCCNC)sc1C. The second-order valence-electron chi connectivity index (χ2n) is 3.63. The van der Waals surface area contributed by atoms with E-state index in [9.17, 15) is 4.79 Å². The van der Waals surface area contributed by atoms with E-state index < -0.39 is 0 Å². The Morgan fingerprint density at radius 2 is 2.25 bits per heavy atom. The summed E-state index contributed by atoms with van der Waals surface area (Å²) in [6.07, 6.45) is 2.31. The maximum atomic E-state index is 11.5. The van der Waals surface area contributed by atoms with E-state index in [2.05, 4.69) is 22.5 Å². The molecule has 0 unspecified atom stereocenters. The molecule has 0 aliphatic rings. The molecule has 0 aliphatic carbocycles. The third kappa shape index (κ3) is 3.90. The minimum absolute atomic E-state index is 0.0478. The van der Waals surface area contributed by atoms with Gasteiger partial charge in [-0.25, -0.2) is 4.98 Å². The van der Waals surface area contributed by atoms with Crippen molar-refractivity contribution in [2.24, 2.45) is 0 Å². The van der Waals surface area contributed by atoms with Crippen LogP contribution in [0.2, 0.25) is 0 Å². The summed E-state index contributed by atoms with van der Waals surface area (Å²) in [5, 5.41) is 6.58. The van der Waals surface area contributed by atoms with Crippen LogP contribution in [-0.2, 0) is 11.2 Å². The van der Waals surface area contributed by atoms with E-state index in [1.54, 1.807) is 11.3 Å². The molecule has 1 aromatic rings. The molecule has 0 fully saturated rings. The van der Waals surface area contributed by atoms with Crippen molar-refractivity contribution < 1.29 is 4.79 Å². The third-order valence-corrected chi connectivity index (χ3v) is 3.23. The van der Waals surface area contributed by atoms with Gasteiger partial charge in [0.15, 0.2) is 5.13 Å². The second kappa shape index (κ2) is 6.60. The molecule has 0 spiro atoms. The standard InChI is InChI=1S/C11H19N3OS/c1-4-9-8(2)16-11(13-9)14-10(15)6-5-7-12-3/h12H,4-7H2,1-3H3,(H,13,14,15). The predicted molar refractivity (Wildman–Crippen MR) is 68.0 cm³/mol. The maximum Gasteiger partial charge on any atom is 0.226 e. The highest BCUT2D eigenvalue weighted by Crippen LogP contribution is 2.22. The van der Waals surface area contributed by atoms with Crippen molar-refractivity contribution in [2.45, 2.75) is 33.1 Å². The quantitative estimate of drug-likeness (QED) is 0.748. The van der Waals surface area contributed by atoms with Crippen LogP contribution in [0.15, 0.2) is 0 Å². The minimum atomic E-state index is 0.0478. The van der Waals surface area contributed by atoms with Gasteiger partial charge in [-0.05, 0) is 33.4 Å². The number of carbonyl (C=O) groups is 1. The molecule has 1 amide bonds. The van der Waals surface area contributed by atoms with Crippen molar-refractivity contribution in [2.75, 3.05) is 18.9 Å². The number of aryl methyl sites for hydroxylation is 2. The largest absolute Gasteiger partial charge is 0.320 e. The Kier molecular flexibility index (Phi) is 5.42. The van der Waals surface area contributed by atoms with Gasteiger partial charge in [0.05, 0.1) is 5.69 Å². The molecule has 4 nitrogen and oxygen atoms in total. The van der Waals surface area contributed by atoms with Gasteiger partial charge < -0.3 is 10.6 Å². The van der Waals surface area contributed by atoms with Crippen molar-refractivity contribution in [3.63, 3.8) is 0 Å². The lowest BCUT2D eigenvalue weighted by Crippen LogP contribution is -2.15. The molecule has 0 radical (unpaired) electrons. The summed E-state index contributed by atoms with van der Waals surface area (Å²) >= 11 is 1.55. The van der Waals surface area contributed by atoms with Crippen LogP contribution in [0, 0.1) is 6.92 Å². The third-order valence-electron chi connectivity index (χ3n) is 2.30. The Morgan fingerprint density at radius 1 is 1.50 bits per heavy atom. The zero-order valence-electron chi connectivity index (χ0n) is 10.1. The van der Waals surface area contributed by atoms with Crippen LogP contribution in [0.5, 0.6) is 0 Å². The molecule has 0 aromatic carbocycles. The van der Waals surface area contributed by atoms with Crippen molar-refractivity contribution in [3.8, 4) is 0 Å². The van der Waals surface area contributed by atoms with Crippen LogP contribution < -0.4 is 10.6 Å². The van der Waals surface area contributed by atoms with E-state index in [1.165, 1.54) is 4.88 Å². The number of hydrogen-bond donors (Lipinski definition) is 2. The van der Waals surface area contributed by atoms with Gasteiger partial charge in [0.1, 0.15) is 0 Å². The predicted octanol–water partition coefficient (Wildman–Crippen LogP) is 1.95. The lowest BCUT2D eigenvalue weighted by Gasteiger charge is -2.00. The van der Waals surface area contributed by atoms with Crippen molar-refractivity contribution in [3.05, 3.63) is 10.6 Å². The molecular weight excluding hydrogens is 222 g/mol. The van der Waals surface area contributed by atoms with E-state index in [0.29, 0.717) is 6.42 Å². The summed E-state index contributed by atoms with van der Waals surface area (Å²) in [4.78, 5) is 17.1. The second-order valence-corrected chi connectivity index (χ2v) is 4.83. The number of anilines is 1. The fourth-order valence-electron chi connectivity index (χ4n) is 1.42. The number of hydrogen-bond acceptors (Lipinski definition) is 4. The minimum Gasteiger partial charge on any atom is -0.320 e. The summed E-state index contributed by atoms with van der Waals surface area (Å²) < 4.78 is 0. The first kappa shape index (κ1) is 13.1. The van der Waals surface area contributed by atoms with Gasteiger partial charge in [-0.15, -0.1) is 11.3 Å². The summed E-state index contributed by atoms with van der Waals surface area (Å²) in [5.41, 5.74) is 1.08. The molecule has 0 bridgehead atoms. The summed E-state index contributed by atoms with van der Waals surface area (Å²) in [6, 6.07) is 0. The molecule has 90 valence electrons. The fraction of sp³-hybridized carbons (Fsp3) is 0.636. The maximum absolute atomic E-state index is 11.5. The molecular formula is C11H19N3OS. The highest BCUT2D eigenvalue weighted by atomic mass is 32.1. The first-order valence-corrected chi connectivity index (χ1v) is 6.39. The van der Waals surface area contributed by atoms with Crippen molar-refractivity contribution in [1.82, 2.24) is 10.3 Å². The van der Waals surface area contributed by atoms with E-state index in [4.69, 9.17) is 0 Å². The smallest absolute Gasteiger partial charge is 0.226 e. The van der Waals surface area contributed by atoms with Gasteiger partial charge in [0, 0.05) is 11.3 Å². The Morgan fingerprint density at radius 3 is 2.81 bits per heavy atom. The lowest BCUT2D eigenvalue weighted by atomic mass is 10.3. The van der Waals surface area contributed by atoms with Gasteiger partial charge in [0.25, 0.3) is 0 Å². The molecule has 16 heavy (non-hydrogen) atoms. The molecule has 0 atom stereocenters. The molecule has 1 heterocycles. The average molecular weight is 241 g/mol. The highest BCUT2D eigenvalue weighted by molar-refractivity contribution is 7.15. The normalized spacial score (nSPS) is 10.4. The Hall–Kier alpha value is -0.940. The molecule has 1 aromatic heterocycles. The van der Waals surface area contributed by atoms with Gasteiger partial charge >= 0.3 is 0 Å².